The first-order valence-corrected chi connectivity index (χ1v) is 6.02. The second-order valence-electron chi connectivity index (χ2n) is 3.83. The molecule has 0 radical (unpaired) electrons. The van der Waals surface area contributed by atoms with Crippen LogP contribution in [0, 0.1) is 0 Å². The molecule has 0 aliphatic rings. The van der Waals surface area contributed by atoms with Gasteiger partial charge < -0.3 is 4.90 Å². The van der Waals surface area contributed by atoms with Crippen molar-refractivity contribution in [1.29, 1.82) is 0 Å². The molecule has 2 nitrogen and oxygen atoms in total. The third kappa shape index (κ3) is 5.48. The summed E-state index contributed by atoms with van der Waals surface area (Å²) in [6.45, 7) is 7.10. The minimum Gasteiger partial charge on any atom is -0.340 e. The zero-order valence-electron chi connectivity index (χ0n) is 9.55. The van der Waals surface area contributed by atoms with E-state index < -0.39 is 0 Å². The van der Waals surface area contributed by atoms with Crippen LogP contribution in [-0.2, 0) is 4.79 Å². The lowest BCUT2D eigenvalue weighted by Gasteiger charge is -2.26. The summed E-state index contributed by atoms with van der Waals surface area (Å²) in [7, 11) is 0. The van der Waals surface area contributed by atoms with Gasteiger partial charge in [-0.25, -0.2) is 0 Å². The van der Waals surface area contributed by atoms with Gasteiger partial charge in [-0.3, -0.25) is 4.79 Å². The number of alkyl halides is 1. The van der Waals surface area contributed by atoms with Crippen molar-refractivity contribution in [2.45, 2.75) is 52.5 Å². The molecule has 0 aromatic rings. The Kier molecular flexibility index (Phi) is 7.96. The van der Waals surface area contributed by atoms with Gasteiger partial charge in [0.25, 0.3) is 0 Å². The van der Waals surface area contributed by atoms with Crippen molar-refractivity contribution < 1.29 is 4.79 Å². The van der Waals surface area contributed by atoms with Crippen molar-refractivity contribution in [1.82, 2.24) is 4.90 Å². The van der Waals surface area contributed by atoms with Gasteiger partial charge in [-0.2, -0.15) is 0 Å². The van der Waals surface area contributed by atoms with E-state index in [-0.39, 0.29) is 5.91 Å². The van der Waals surface area contributed by atoms with Gasteiger partial charge in [0.05, 0.1) is 0 Å². The summed E-state index contributed by atoms with van der Waals surface area (Å²) in [6.07, 6.45) is 3.52. The molecular formula is C11H22ClNO. The Morgan fingerprint density at radius 3 is 2.43 bits per heavy atom. The maximum atomic E-state index is 11.7. The summed E-state index contributed by atoms with van der Waals surface area (Å²) in [5.74, 6) is 0.926. The largest absolute Gasteiger partial charge is 0.340 e. The smallest absolute Gasteiger partial charge is 0.222 e. The highest BCUT2D eigenvalue weighted by molar-refractivity contribution is 6.17. The van der Waals surface area contributed by atoms with Gasteiger partial charge in [-0.1, -0.05) is 6.92 Å². The molecule has 0 aromatic heterocycles. The fourth-order valence-corrected chi connectivity index (χ4v) is 1.62. The highest BCUT2D eigenvalue weighted by Gasteiger charge is 2.14. The van der Waals surface area contributed by atoms with Crippen molar-refractivity contribution in [3.05, 3.63) is 0 Å². The summed E-state index contributed by atoms with van der Waals surface area (Å²) in [5, 5.41) is 0. The molecule has 0 aliphatic carbocycles. The highest BCUT2D eigenvalue weighted by atomic mass is 35.5. The Balaban J connectivity index is 3.89. The van der Waals surface area contributed by atoms with E-state index in [1.54, 1.807) is 0 Å². The molecule has 0 heterocycles. The molecule has 3 heteroatoms. The lowest BCUT2D eigenvalue weighted by atomic mass is 10.2. The lowest BCUT2D eigenvalue weighted by molar-refractivity contribution is -0.133. The summed E-state index contributed by atoms with van der Waals surface area (Å²) in [6, 6.07) is 0.318. The van der Waals surface area contributed by atoms with E-state index in [0.29, 0.717) is 18.3 Å². The van der Waals surface area contributed by atoms with Gasteiger partial charge in [0.2, 0.25) is 5.91 Å². The molecular weight excluding hydrogens is 198 g/mol. The molecule has 0 spiro atoms. The number of carbonyl (C=O) groups is 1. The first-order valence-electron chi connectivity index (χ1n) is 5.48. The summed E-state index contributed by atoms with van der Waals surface area (Å²) >= 11 is 5.56. The third-order valence-corrected chi connectivity index (χ3v) is 2.45. The molecule has 0 bridgehead atoms. The normalized spacial score (nSPS) is 10.6. The minimum absolute atomic E-state index is 0.270. The van der Waals surface area contributed by atoms with Crippen molar-refractivity contribution >= 4 is 17.5 Å². The third-order valence-electron chi connectivity index (χ3n) is 2.18. The van der Waals surface area contributed by atoms with Crippen LogP contribution in [-0.4, -0.2) is 29.3 Å². The summed E-state index contributed by atoms with van der Waals surface area (Å²) < 4.78 is 0. The van der Waals surface area contributed by atoms with Gasteiger partial charge in [-0.05, 0) is 33.1 Å². The Hall–Kier alpha value is -0.240. The van der Waals surface area contributed by atoms with Crippen molar-refractivity contribution in [2.75, 3.05) is 12.4 Å². The Labute approximate surface area is 92.6 Å². The van der Waals surface area contributed by atoms with Gasteiger partial charge in [0, 0.05) is 24.9 Å². The maximum absolute atomic E-state index is 11.7. The fourth-order valence-electron chi connectivity index (χ4n) is 1.43. The second kappa shape index (κ2) is 8.10. The number of amides is 1. The summed E-state index contributed by atoms with van der Waals surface area (Å²) in [4.78, 5) is 13.7. The van der Waals surface area contributed by atoms with E-state index >= 15 is 0 Å². The van der Waals surface area contributed by atoms with Crippen LogP contribution in [0.4, 0.5) is 0 Å². The Morgan fingerprint density at radius 2 is 2.00 bits per heavy atom. The van der Waals surface area contributed by atoms with Gasteiger partial charge in [0.15, 0.2) is 0 Å². The van der Waals surface area contributed by atoms with Crippen LogP contribution in [0.25, 0.3) is 0 Å². The van der Waals surface area contributed by atoms with E-state index in [1.165, 1.54) is 0 Å². The molecule has 0 unspecified atom stereocenters. The van der Waals surface area contributed by atoms with Crippen LogP contribution < -0.4 is 0 Å². The Morgan fingerprint density at radius 1 is 1.36 bits per heavy atom. The molecule has 0 N–H and O–H groups in total. The molecule has 0 aliphatic heterocycles. The standard InChI is InChI=1S/C11H22ClNO/c1-4-9-13(10(2)3)11(14)7-5-6-8-12/h10H,4-9H2,1-3H3. The molecule has 0 saturated carbocycles. The number of carbonyl (C=O) groups excluding carboxylic acids is 1. The first-order chi connectivity index (χ1) is 6.63. The quantitative estimate of drug-likeness (QED) is 0.476. The van der Waals surface area contributed by atoms with Gasteiger partial charge >= 0.3 is 0 Å². The predicted octanol–water partition coefficient (Wildman–Crippen LogP) is 3.04. The monoisotopic (exact) mass is 219 g/mol. The zero-order valence-corrected chi connectivity index (χ0v) is 10.3. The van der Waals surface area contributed by atoms with Gasteiger partial charge in [0.1, 0.15) is 0 Å². The molecule has 0 atom stereocenters. The van der Waals surface area contributed by atoms with E-state index in [9.17, 15) is 4.79 Å². The second-order valence-corrected chi connectivity index (χ2v) is 4.20. The molecule has 1 amide bonds. The van der Waals surface area contributed by atoms with Crippen LogP contribution in [0.15, 0.2) is 0 Å². The molecule has 0 rings (SSSR count). The predicted molar refractivity (Wildman–Crippen MR) is 61.7 cm³/mol. The molecule has 0 fully saturated rings. The molecule has 14 heavy (non-hydrogen) atoms. The van der Waals surface area contributed by atoms with Crippen LogP contribution in [0.1, 0.15) is 46.5 Å². The number of rotatable bonds is 7. The minimum atomic E-state index is 0.270. The van der Waals surface area contributed by atoms with E-state index in [0.717, 1.165) is 25.8 Å². The maximum Gasteiger partial charge on any atom is 0.222 e. The Bertz CT molecular complexity index is 159. The average molecular weight is 220 g/mol. The van der Waals surface area contributed by atoms with Crippen LogP contribution in [0.5, 0.6) is 0 Å². The number of unbranched alkanes of at least 4 members (excludes halogenated alkanes) is 1. The van der Waals surface area contributed by atoms with Gasteiger partial charge in [-0.15, -0.1) is 11.6 Å². The topological polar surface area (TPSA) is 20.3 Å². The number of nitrogens with zero attached hydrogens (tertiary/aromatic N) is 1. The van der Waals surface area contributed by atoms with E-state index in [1.807, 2.05) is 4.90 Å². The number of halogens is 1. The molecule has 0 aromatic carbocycles. The lowest BCUT2D eigenvalue weighted by Crippen LogP contribution is -2.37. The number of hydrogen-bond donors (Lipinski definition) is 0. The fraction of sp³-hybridized carbons (Fsp3) is 0.909. The van der Waals surface area contributed by atoms with Crippen molar-refractivity contribution in [2.24, 2.45) is 0 Å². The van der Waals surface area contributed by atoms with Crippen LogP contribution >= 0.6 is 11.6 Å². The zero-order chi connectivity index (χ0) is 11.0. The van der Waals surface area contributed by atoms with Crippen LogP contribution in [0.2, 0.25) is 0 Å². The van der Waals surface area contributed by atoms with Crippen molar-refractivity contribution in [3.63, 3.8) is 0 Å². The number of hydrogen-bond acceptors (Lipinski definition) is 1. The SMILES string of the molecule is CCCN(C(=O)CCCCCl)C(C)C. The van der Waals surface area contributed by atoms with Crippen LogP contribution in [0.3, 0.4) is 0 Å². The van der Waals surface area contributed by atoms with E-state index in [2.05, 4.69) is 20.8 Å². The first kappa shape index (κ1) is 13.8. The molecule has 84 valence electrons. The summed E-state index contributed by atoms with van der Waals surface area (Å²) in [5.41, 5.74) is 0. The average Bonchev–Trinajstić information content (AvgIpc) is 2.13. The van der Waals surface area contributed by atoms with E-state index in [4.69, 9.17) is 11.6 Å². The van der Waals surface area contributed by atoms with Crippen molar-refractivity contribution in [3.8, 4) is 0 Å². The molecule has 0 saturated heterocycles. The highest BCUT2D eigenvalue weighted by Crippen LogP contribution is 2.06.